The van der Waals surface area contributed by atoms with Crippen LogP contribution < -0.4 is 5.32 Å². The fourth-order valence-corrected chi connectivity index (χ4v) is 2.21. The van der Waals surface area contributed by atoms with Crippen molar-refractivity contribution in [2.24, 2.45) is 16.7 Å². The summed E-state index contributed by atoms with van der Waals surface area (Å²) in [6.07, 6.45) is 0. The molecule has 1 aliphatic rings. The van der Waals surface area contributed by atoms with Crippen LogP contribution in [-0.4, -0.2) is 16.8 Å². The molecule has 3 heteroatoms. The van der Waals surface area contributed by atoms with Gasteiger partial charge in [0, 0.05) is 6.04 Å². The molecule has 88 valence electrons. The van der Waals surface area contributed by atoms with Gasteiger partial charge >= 0.3 is 0 Å². The van der Waals surface area contributed by atoms with Crippen molar-refractivity contribution in [3.63, 3.8) is 0 Å². The van der Waals surface area contributed by atoms with Crippen molar-refractivity contribution in [2.45, 2.75) is 52.4 Å². The van der Waals surface area contributed by atoms with Crippen molar-refractivity contribution >= 4 is 21.8 Å². The second kappa shape index (κ2) is 3.76. The Morgan fingerprint density at radius 3 is 1.87 bits per heavy atom. The summed E-state index contributed by atoms with van der Waals surface area (Å²) in [5.41, 5.74) is 0.429. The maximum Gasteiger partial charge on any atom is 0.234 e. The van der Waals surface area contributed by atoms with Crippen LogP contribution in [0.1, 0.15) is 41.5 Å². The number of carbonyl (C=O) groups excluding carboxylic acids is 1. The Labute approximate surface area is 101 Å². The van der Waals surface area contributed by atoms with Crippen LogP contribution in [-0.2, 0) is 4.79 Å². The number of carbonyl (C=O) groups is 1. The highest BCUT2D eigenvalue weighted by Crippen LogP contribution is 2.62. The monoisotopic (exact) mass is 275 g/mol. The molecule has 0 aromatic carbocycles. The van der Waals surface area contributed by atoms with Crippen LogP contribution in [0.5, 0.6) is 0 Å². The SMILES string of the molecule is CC(C)C(Br)C(=O)NC1C(C)(C)C1(C)C. The maximum atomic E-state index is 11.9. The summed E-state index contributed by atoms with van der Waals surface area (Å²) in [6, 6.07) is 0.302. The average molecular weight is 276 g/mol. The average Bonchev–Trinajstić information content (AvgIpc) is 2.46. The predicted molar refractivity (Wildman–Crippen MR) is 67.0 cm³/mol. The first-order chi connectivity index (χ1) is 6.62. The van der Waals surface area contributed by atoms with Crippen LogP contribution in [0.4, 0.5) is 0 Å². The van der Waals surface area contributed by atoms with E-state index >= 15 is 0 Å². The first kappa shape index (κ1) is 13.0. The van der Waals surface area contributed by atoms with Gasteiger partial charge in [0.15, 0.2) is 0 Å². The third kappa shape index (κ3) is 2.08. The van der Waals surface area contributed by atoms with Gasteiger partial charge in [-0.1, -0.05) is 57.5 Å². The topological polar surface area (TPSA) is 29.1 Å². The molecule has 0 heterocycles. The minimum Gasteiger partial charge on any atom is -0.351 e. The third-order valence-electron chi connectivity index (χ3n) is 4.14. The van der Waals surface area contributed by atoms with E-state index in [1.807, 2.05) is 13.8 Å². The van der Waals surface area contributed by atoms with Crippen molar-refractivity contribution in [3.05, 3.63) is 0 Å². The molecule has 0 aromatic heterocycles. The van der Waals surface area contributed by atoms with Gasteiger partial charge < -0.3 is 5.32 Å². The lowest BCUT2D eigenvalue weighted by atomic mass is 10.0. The van der Waals surface area contributed by atoms with Crippen molar-refractivity contribution in [1.82, 2.24) is 5.32 Å². The normalized spacial score (nSPS) is 25.1. The van der Waals surface area contributed by atoms with E-state index in [1.165, 1.54) is 0 Å². The fourth-order valence-electron chi connectivity index (χ4n) is 2.08. The molecule has 1 unspecified atom stereocenters. The van der Waals surface area contributed by atoms with Crippen LogP contribution in [0.2, 0.25) is 0 Å². The Kier molecular flexibility index (Phi) is 3.26. The van der Waals surface area contributed by atoms with Crippen molar-refractivity contribution in [1.29, 1.82) is 0 Å². The predicted octanol–water partition coefficient (Wildman–Crippen LogP) is 2.96. The molecule has 0 bridgehead atoms. The zero-order valence-electron chi connectivity index (χ0n) is 10.5. The zero-order chi connectivity index (χ0) is 12.0. The molecule has 0 aliphatic heterocycles. The van der Waals surface area contributed by atoms with Gasteiger partial charge in [-0.3, -0.25) is 4.79 Å². The largest absolute Gasteiger partial charge is 0.351 e. The summed E-state index contributed by atoms with van der Waals surface area (Å²) >= 11 is 3.43. The zero-order valence-corrected chi connectivity index (χ0v) is 12.1. The standard InChI is InChI=1S/C12H22BrNO/c1-7(2)8(13)9(15)14-10-11(3,4)12(10,5)6/h7-8,10H,1-6H3,(H,14,15). The molecule has 1 rings (SSSR count). The molecule has 1 N–H and O–H groups in total. The third-order valence-corrected chi connectivity index (χ3v) is 5.62. The van der Waals surface area contributed by atoms with Crippen molar-refractivity contribution < 1.29 is 4.79 Å². The van der Waals surface area contributed by atoms with Gasteiger partial charge in [0.2, 0.25) is 5.91 Å². The Morgan fingerprint density at radius 1 is 1.20 bits per heavy atom. The minimum absolute atomic E-state index is 0.0790. The molecule has 0 saturated heterocycles. The van der Waals surface area contributed by atoms with Gasteiger partial charge in [-0.2, -0.15) is 0 Å². The Morgan fingerprint density at radius 2 is 1.60 bits per heavy atom. The number of rotatable bonds is 3. The van der Waals surface area contributed by atoms with Crippen molar-refractivity contribution in [2.75, 3.05) is 0 Å². The Hall–Kier alpha value is -0.0500. The molecule has 1 fully saturated rings. The van der Waals surface area contributed by atoms with Gasteiger partial charge in [-0.25, -0.2) is 0 Å². The molecule has 1 atom stereocenters. The lowest BCUT2D eigenvalue weighted by molar-refractivity contribution is -0.121. The molecule has 0 radical (unpaired) electrons. The number of halogens is 1. The highest BCUT2D eigenvalue weighted by molar-refractivity contribution is 9.10. The summed E-state index contributed by atoms with van der Waals surface area (Å²) in [5.74, 6) is 0.448. The molecule has 15 heavy (non-hydrogen) atoms. The van der Waals surface area contributed by atoms with Gasteiger partial charge in [0.05, 0.1) is 4.83 Å². The number of nitrogens with one attached hydrogen (secondary N) is 1. The lowest BCUT2D eigenvalue weighted by Crippen LogP contribution is -2.37. The van der Waals surface area contributed by atoms with E-state index in [4.69, 9.17) is 0 Å². The molecule has 1 aliphatic carbocycles. The Bertz CT molecular complexity index is 257. The van der Waals surface area contributed by atoms with E-state index in [9.17, 15) is 4.79 Å². The van der Waals surface area contributed by atoms with Crippen LogP contribution in [0.15, 0.2) is 0 Å². The molecular weight excluding hydrogens is 254 g/mol. The van der Waals surface area contributed by atoms with E-state index < -0.39 is 0 Å². The maximum absolute atomic E-state index is 11.9. The van der Waals surface area contributed by atoms with E-state index in [0.717, 1.165) is 0 Å². The second-order valence-corrected chi connectivity index (χ2v) is 7.02. The van der Waals surface area contributed by atoms with Crippen LogP contribution in [0, 0.1) is 16.7 Å². The molecule has 1 amide bonds. The summed E-state index contributed by atoms with van der Waals surface area (Å²) in [7, 11) is 0. The van der Waals surface area contributed by atoms with Crippen LogP contribution in [0.25, 0.3) is 0 Å². The van der Waals surface area contributed by atoms with E-state index in [1.54, 1.807) is 0 Å². The van der Waals surface area contributed by atoms with Crippen molar-refractivity contribution in [3.8, 4) is 0 Å². The first-order valence-electron chi connectivity index (χ1n) is 5.57. The fraction of sp³-hybridized carbons (Fsp3) is 0.917. The summed E-state index contributed by atoms with van der Waals surface area (Å²) in [4.78, 5) is 11.8. The van der Waals surface area contributed by atoms with Crippen LogP contribution >= 0.6 is 15.9 Å². The molecular formula is C12H22BrNO. The quantitative estimate of drug-likeness (QED) is 0.789. The van der Waals surface area contributed by atoms with Gasteiger partial charge in [0.1, 0.15) is 0 Å². The summed E-state index contributed by atoms with van der Waals surface area (Å²) in [6.45, 7) is 12.9. The number of amides is 1. The first-order valence-corrected chi connectivity index (χ1v) is 6.48. The lowest BCUT2D eigenvalue weighted by Gasteiger charge is -2.14. The van der Waals surface area contributed by atoms with Gasteiger partial charge in [-0.05, 0) is 16.7 Å². The van der Waals surface area contributed by atoms with Crippen LogP contribution in [0.3, 0.4) is 0 Å². The summed E-state index contributed by atoms with van der Waals surface area (Å²) in [5, 5.41) is 3.13. The molecule has 2 nitrogen and oxygen atoms in total. The Balaban J connectivity index is 2.56. The second-order valence-electron chi connectivity index (χ2n) is 6.03. The highest BCUT2D eigenvalue weighted by Gasteiger charge is 2.65. The number of alkyl halides is 1. The van der Waals surface area contributed by atoms with Gasteiger partial charge in [-0.15, -0.1) is 0 Å². The smallest absolute Gasteiger partial charge is 0.234 e. The van der Waals surface area contributed by atoms with E-state index in [0.29, 0.717) is 12.0 Å². The molecule has 0 aromatic rings. The number of hydrogen-bond acceptors (Lipinski definition) is 1. The van der Waals surface area contributed by atoms with E-state index in [-0.39, 0.29) is 21.6 Å². The molecule has 0 spiro atoms. The summed E-state index contributed by atoms with van der Waals surface area (Å²) < 4.78 is 0. The minimum atomic E-state index is -0.0790. The number of hydrogen-bond donors (Lipinski definition) is 1. The van der Waals surface area contributed by atoms with Gasteiger partial charge in [0.25, 0.3) is 0 Å². The molecule has 1 saturated carbocycles. The highest BCUT2D eigenvalue weighted by atomic mass is 79.9. The van der Waals surface area contributed by atoms with E-state index in [2.05, 4.69) is 48.9 Å².